The van der Waals surface area contributed by atoms with E-state index in [2.05, 4.69) is 26.0 Å². The summed E-state index contributed by atoms with van der Waals surface area (Å²) >= 11 is 0. The van der Waals surface area contributed by atoms with Crippen LogP contribution in [0.3, 0.4) is 0 Å². The Bertz CT molecular complexity index is 161. The highest BCUT2D eigenvalue weighted by atomic mass is 16.1. The number of carbonyl (C=O) groups excluding carboxylic acids is 1. The maximum Gasteiger partial charge on any atom is 0.198 e. The number of hydrogen-bond donors (Lipinski definition) is 0. The van der Waals surface area contributed by atoms with Gasteiger partial charge in [0.2, 0.25) is 0 Å². The van der Waals surface area contributed by atoms with E-state index in [9.17, 15) is 4.79 Å². The molecule has 0 bridgehead atoms. The first-order valence-corrected chi connectivity index (χ1v) is 6.27. The molecule has 0 aromatic rings. The van der Waals surface area contributed by atoms with Crippen molar-refractivity contribution in [1.82, 2.24) is 0 Å². The average Bonchev–Trinajstić information content (AvgIpc) is 2.24. The van der Waals surface area contributed by atoms with E-state index >= 15 is 0 Å². The van der Waals surface area contributed by atoms with Crippen molar-refractivity contribution in [2.75, 3.05) is 0 Å². The predicted molar refractivity (Wildman–Crippen MR) is 66.6 cm³/mol. The molecule has 0 aliphatic heterocycles. The van der Waals surface area contributed by atoms with Crippen LogP contribution in [0.25, 0.3) is 0 Å². The van der Waals surface area contributed by atoms with Crippen LogP contribution in [0.4, 0.5) is 0 Å². The maximum atomic E-state index is 9.99. The van der Waals surface area contributed by atoms with Crippen molar-refractivity contribution in [3.63, 3.8) is 0 Å². The van der Waals surface area contributed by atoms with E-state index in [1.165, 1.54) is 38.5 Å². The molecule has 1 atom stereocenters. The molecular weight excluding hydrogens is 184 g/mol. The summed E-state index contributed by atoms with van der Waals surface area (Å²) < 4.78 is 0. The smallest absolute Gasteiger partial charge is 0.198 e. The van der Waals surface area contributed by atoms with E-state index in [1.54, 1.807) is 0 Å². The molecule has 0 rings (SSSR count). The topological polar surface area (TPSA) is 17.1 Å². The van der Waals surface area contributed by atoms with Crippen LogP contribution in [0, 0.1) is 5.92 Å². The molecule has 1 heteroatoms. The molecule has 0 amide bonds. The number of hydrogen-bond acceptors (Lipinski definition) is 1. The largest absolute Gasteiger partial charge is 0.291 e. The summed E-state index contributed by atoms with van der Waals surface area (Å²) in [6.45, 7) is 4.40. The lowest BCUT2D eigenvalue weighted by Gasteiger charge is -2.09. The molecule has 0 N–H and O–H groups in total. The quantitative estimate of drug-likeness (QED) is 0.384. The van der Waals surface area contributed by atoms with Gasteiger partial charge in [0.15, 0.2) is 6.29 Å². The molecule has 87 valence electrons. The van der Waals surface area contributed by atoms with Crippen LogP contribution >= 0.6 is 0 Å². The minimum Gasteiger partial charge on any atom is -0.291 e. The standard InChI is InChI=1S/C14H25O/c1-3-4-5-6-8-11-14(2)12-9-7-10-13-15/h3-4,14H,5-12H2,1-2H3. The Balaban J connectivity index is 3.17. The molecule has 0 spiro atoms. The highest BCUT2D eigenvalue weighted by molar-refractivity contribution is 5.50. The summed E-state index contributed by atoms with van der Waals surface area (Å²) in [5, 5.41) is 0. The van der Waals surface area contributed by atoms with Gasteiger partial charge in [-0.25, -0.2) is 0 Å². The molecule has 1 unspecified atom stereocenters. The fourth-order valence-electron chi connectivity index (χ4n) is 1.76. The third-order valence-corrected chi connectivity index (χ3v) is 2.78. The minimum absolute atomic E-state index is 0.619. The second-order valence-electron chi connectivity index (χ2n) is 4.35. The normalized spacial score (nSPS) is 13.2. The molecule has 0 heterocycles. The third kappa shape index (κ3) is 11.3. The van der Waals surface area contributed by atoms with Crippen LogP contribution in [0.1, 0.15) is 65.2 Å². The molecule has 0 aliphatic rings. The predicted octanol–water partition coefficient (Wildman–Crippen LogP) is 4.43. The summed E-state index contributed by atoms with van der Waals surface area (Å²) in [7, 11) is 0. The molecule has 0 saturated carbocycles. The van der Waals surface area contributed by atoms with Gasteiger partial charge >= 0.3 is 0 Å². The van der Waals surface area contributed by atoms with Crippen molar-refractivity contribution in [2.24, 2.45) is 5.92 Å². The van der Waals surface area contributed by atoms with E-state index in [4.69, 9.17) is 0 Å². The van der Waals surface area contributed by atoms with Crippen molar-refractivity contribution in [3.8, 4) is 0 Å². The van der Waals surface area contributed by atoms with Crippen molar-refractivity contribution in [3.05, 3.63) is 12.2 Å². The number of allylic oxidation sites excluding steroid dienone is 2. The molecule has 1 nitrogen and oxygen atoms in total. The lowest BCUT2D eigenvalue weighted by Crippen LogP contribution is -1.94. The van der Waals surface area contributed by atoms with Gasteiger partial charge in [-0.3, -0.25) is 4.79 Å². The summed E-state index contributed by atoms with van der Waals surface area (Å²) in [6.07, 6.45) is 15.6. The summed E-state index contributed by atoms with van der Waals surface area (Å²) in [5.41, 5.74) is 0. The molecule has 0 aliphatic carbocycles. The molecule has 0 aromatic carbocycles. The zero-order valence-corrected chi connectivity index (χ0v) is 10.3. The van der Waals surface area contributed by atoms with Crippen molar-refractivity contribution in [1.29, 1.82) is 0 Å². The van der Waals surface area contributed by atoms with Gasteiger partial charge in [-0.2, -0.15) is 0 Å². The second-order valence-corrected chi connectivity index (χ2v) is 4.35. The fourth-order valence-corrected chi connectivity index (χ4v) is 1.76. The van der Waals surface area contributed by atoms with Gasteiger partial charge in [0.05, 0.1) is 0 Å². The van der Waals surface area contributed by atoms with E-state index in [0.717, 1.165) is 12.3 Å². The fraction of sp³-hybridized carbons (Fsp3) is 0.786. The van der Waals surface area contributed by atoms with Crippen molar-refractivity contribution >= 4 is 6.29 Å². The summed E-state index contributed by atoms with van der Waals surface area (Å²) in [5.74, 6) is 0.822. The Morgan fingerprint density at radius 1 is 1.13 bits per heavy atom. The zero-order chi connectivity index (χ0) is 11.4. The Morgan fingerprint density at radius 2 is 1.80 bits per heavy atom. The monoisotopic (exact) mass is 209 g/mol. The van der Waals surface area contributed by atoms with Crippen LogP contribution in [-0.4, -0.2) is 6.29 Å². The highest BCUT2D eigenvalue weighted by Gasteiger charge is 2.01. The van der Waals surface area contributed by atoms with Gasteiger partial charge in [0, 0.05) is 6.42 Å². The Morgan fingerprint density at radius 3 is 2.40 bits per heavy atom. The molecule has 0 aromatic heterocycles. The van der Waals surface area contributed by atoms with Crippen LogP contribution in [0.2, 0.25) is 0 Å². The van der Waals surface area contributed by atoms with Gasteiger partial charge < -0.3 is 0 Å². The van der Waals surface area contributed by atoms with E-state index in [-0.39, 0.29) is 0 Å². The maximum absolute atomic E-state index is 9.99. The summed E-state index contributed by atoms with van der Waals surface area (Å²) in [4.78, 5) is 9.99. The van der Waals surface area contributed by atoms with Gasteiger partial charge in [-0.15, -0.1) is 0 Å². The van der Waals surface area contributed by atoms with E-state index in [1.807, 2.05) is 6.29 Å². The number of rotatable bonds is 10. The van der Waals surface area contributed by atoms with Crippen LogP contribution < -0.4 is 0 Å². The molecule has 1 radical (unpaired) electrons. The van der Waals surface area contributed by atoms with E-state index in [0.29, 0.717) is 6.42 Å². The highest BCUT2D eigenvalue weighted by Crippen LogP contribution is 2.16. The Labute approximate surface area is 95.0 Å². The first-order chi connectivity index (χ1) is 7.31. The van der Waals surface area contributed by atoms with Gasteiger partial charge in [-0.05, 0) is 32.1 Å². The first kappa shape index (κ1) is 14.4. The van der Waals surface area contributed by atoms with Crippen molar-refractivity contribution in [2.45, 2.75) is 65.2 Å². The lowest BCUT2D eigenvalue weighted by molar-refractivity contribution is 0.446. The van der Waals surface area contributed by atoms with Crippen LogP contribution in [0.15, 0.2) is 12.2 Å². The minimum atomic E-state index is 0.619. The van der Waals surface area contributed by atoms with Crippen molar-refractivity contribution < 1.29 is 4.79 Å². The van der Waals surface area contributed by atoms with Gasteiger partial charge in [0.25, 0.3) is 0 Å². The third-order valence-electron chi connectivity index (χ3n) is 2.78. The SMILES string of the molecule is CC=CCCCCC(C)CCCC[C]=O. The van der Waals surface area contributed by atoms with Gasteiger partial charge in [-0.1, -0.05) is 44.8 Å². The lowest BCUT2D eigenvalue weighted by atomic mass is 9.97. The molecule has 0 fully saturated rings. The van der Waals surface area contributed by atoms with Crippen LogP contribution in [0.5, 0.6) is 0 Å². The molecule has 15 heavy (non-hydrogen) atoms. The average molecular weight is 209 g/mol. The number of unbranched alkanes of at least 4 members (excludes halogenated alkanes) is 4. The first-order valence-electron chi connectivity index (χ1n) is 6.27. The Hall–Kier alpha value is -0.590. The summed E-state index contributed by atoms with van der Waals surface area (Å²) in [6, 6.07) is 0. The molecular formula is C14H25O. The van der Waals surface area contributed by atoms with Gasteiger partial charge in [0.1, 0.15) is 0 Å². The zero-order valence-electron chi connectivity index (χ0n) is 10.3. The molecule has 0 saturated heterocycles. The van der Waals surface area contributed by atoms with Crippen LogP contribution in [-0.2, 0) is 4.79 Å². The van der Waals surface area contributed by atoms with E-state index < -0.39 is 0 Å². The Kier molecular flexibility index (Phi) is 11.0. The second kappa shape index (κ2) is 11.5.